The highest BCUT2D eigenvalue weighted by Crippen LogP contribution is 2.37. The van der Waals surface area contributed by atoms with Gasteiger partial charge in [0.1, 0.15) is 11.8 Å². The molecular weight excluding hydrogens is 196 g/mol. The summed E-state index contributed by atoms with van der Waals surface area (Å²) < 4.78 is 15.6. The highest BCUT2D eigenvalue weighted by Gasteiger charge is 2.17. The van der Waals surface area contributed by atoms with Crippen molar-refractivity contribution in [3.63, 3.8) is 0 Å². The predicted octanol–water partition coefficient (Wildman–Crippen LogP) is 0.776. The summed E-state index contributed by atoms with van der Waals surface area (Å²) in [5, 5.41) is 8.42. The minimum Gasteiger partial charge on any atom is -0.478 e. The minimum absolute atomic E-state index is 0.00730. The van der Waals surface area contributed by atoms with E-state index in [1.807, 2.05) is 6.07 Å². The molecule has 5 heteroatoms. The van der Waals surface area contributed by atoms with Crippen LogP contribution in [0, 0.1) is 11.3 Å². The van der Waals surface area contributed by atoms with Crippen LogP contribution in [0.4, 0.5) is 0 Å². The Kier molecular flexibility index (Phi) is 2.61. The van der Waals surface area contributed by atoms with Crippen molar-refractivity contribution >= 4 is 0 Å². The fourth-order valence-corrected chi connectivity index (χ4v) is 1.37. The first-order valence-corrected chi connectivity index (χ1v) is 4.47. The Hall–Kier alpha value is -1.93. The second kappa shape index (κ2) is 4.07. The highest BCUT2D eigenvalue weighted by atomic mass is 16.7. The third-order valence-electron chi connectivity index (χ3n) is 2.07. The number of hydrogen-bond donors (Lipinski definition) is 1. The Labute approximate surface area is 87.0 Å². The molecule has 0 radical (unpaired) electrons. The molecule has 0 bridgehead atoms. The summed E-state index contributed by atoms with van der Waals surface area (Å²) >= 11 is 0. The van der Waals surface area contributed by atoms with E-state index in [0.717, 1.165) is 5.56 Å². The van der Waals surface area contributed by atoms with Crippen molar-refractivity contribution in [1.82, 2.24) is 0 Å². The first-order chi connectivity index (χ1) is 7.35. The molecule has 1 aliphatic heterocycles. The van der Waals surface area contributed by atoms with Crippen molar-refractivity contribution in [2.45, 2.75) is 6.54 Å². The number of fused-ring (bicyclic) bond motifs is 1. The van der Waals surface area contributed by atoms with E-state index in [2.05, 4.69) is 0 Å². The van der Waals surface area contributed by atoms with Gasteiger partial charge in [-0.15, -0.1) is 0 Å². The third kappa shape index (κ3) is 1.80. The molecule has 1 aromatic rings. The highest BCUT2D eigenvalue weighted by molar-refractivity contribution is 5.51. The summed E-state index contributed by atoms with van der Waals surface area (Å²) in [6.07, 6.45) is 0. The van der Waals surface area contributed by atoms with E-state index in [-0.39, 0.29) is 13.4 Å². The maximum atomic E-state index is 8.42. The zero-order valence-corrected chi connectivity index (χ0v) is 8.03. The van der Waals surface area contributed by atoms with Gasteiger partial charge in [0.2, 0.25) is 6.79 Å². The van der Waals surface area contributed by atoms with E-state index in [0.29, 0.717) is 23.8 Å². The summed E-state index contributed by atoms with van der Waals surface area (Å²) in [6, 6.07) is 5.37. The van der Waals surface area contributed by atoms with Gasteiger partial charge in [-0.05, 0) is 6.07 Å². The van der Waals surface area contributed by atoms with Gasteiger partial charge in [-0.3, -0.25) is 0 Å². The molecule has 1 aliphatic rings. The fourth-order valence-electron chi connectivity index (χ4n) is 1.37. The zero-order valence-electron chi connectivity index (χ0n) is 8.03. The molecule has 15 heavy (non-hydrogen) atoms. The summed E-state index contributed by atoms with van der Waals surface area (Å²) in [7, 11) is 0. The monoisotopic (exact) mass is 206 g/mol. The second-order valence-electron chi connectivity index (χ2n) is 2.96. The third-order valence-corrected chi connectivity index (χ3v) is 2.07. The van der Waals surface area contributed by atoms with Crippen LogP contribution in [0.25, 0.3) is 0 Å². The Balaban J connectivity index is 2.32. The molecule has 0 atom stereocenters. The molecule has 0 unspecified atom stereocenters. The smallest absolute Gasteiger partial charge is 0.231 e. The van der Waals surface area contributed by atoms with E-state index in [1.165, 1.54) is 0 Å². The molecule has 0 aromatic heterocycles. The van der Waals surface area contributed by atoms with Crippen LogP contribution in [-0.2, 0) is 6.54 Å². The van der Waals surface area contributed by atoms with Gasteiger partial charge in [-0.2, -0.15) is 5.26 Å². The van der Waals surface area contributed by atoms with Gasteiger partial charge in [0.25, 0.3) is 0 Å². The van der Waals surface area contributed by atoms with Crippen LogP contribution in [0.3, 0.4) is 0 Å². The number of nitrogens with two attached hydrogens (primary N) is 1. The number of nitriles is 1. The molecule has 2 rings (SSSR count). The molecule has 2 N–H and O–H groups in total. The van der Waals surface area contributed by atoms with Crippen molar-refractivity contribution in [2.24, 2.45) is 5.73 Å². The Bertz CT molecular complexity index is 412. The second-order valence-corrected chi connectivity index (χ2v) is 2.96. The lowest BCUT2D eigenvalue weighted by Gasteiger charge is -2.08. The van der Waals surface area contributed by atoms with Gasteiger partial charge >= 0.3 is 0 Å². The van der Waals surface area contributed by atoms with E-state index in [1.54, 1.807) is 12.1 Å². The molecule has 0 saturated carbocycles. The first-order valence-electron chi connectivity index (χ1n) is 4.47. The minimum atomic E-state index is -0.00730. The Morgan fingerprint density at radius 2 is 2.13 bits per heavy atom. The Morgan fingerprint density at radius 3 is 2.80 bits per heavy atom. The van der Waals surface area contributed by atoms with Crippen molar-refractivity contribution in [1.29, 1.82) is 5.26 Å². The lowest BCUT2D eigenvalue weighted by Crippen LogP contribution is -2.02. The van der Waals surface area contributed by atoms with Crippen LogP contribution in [0.5, 0.6) is 17.2 Å². The van der Waals surface area contributed by atoms with Crippen LogP contribution in [0.1, 0.15) is 5.56 Å². The molecule has 78 valence electrons. The SMILES string of the molecule is N#CCOc1cc2c(cc1CN)OCO2. The standard InChI is InChI=1S/C10H10N2O3/c11-1-2-13-8-4-10-9(14-6-15-10)3-7(8)5-12/h3-4H,2,5-6,12H2. The van der Waals surface area contributed by atoms with Crippen LogP contribution in [0.15, 0.2) is 12.1 Å². The maximum Gasteiger partial charge on any atom is 0.231 e. The number of rotatable bonds is 3. The quantitative estimate of drug-likeness (QED) is 0.790. The molecule has 0 saturated heterocycles. The molecule has 1 heterocycles. The average Bonchev–Trinajstić information content (AvgIpc) is 2.71. The average molecular weight is 206 g/mol. The summed E-state index contributed by atoms with van der Waals surface area (Å²) in [5.74, 6) is 1.86. The van der Waals surface area contributed by atoms with Crippen LogP contribution < -0.4 is 19.9 Å². The van der Waals surface area contributed by atoms with Crippen molar-refractivity contribution < 1.29 is 14.2 Å². The van der Waals surface area contributed by atoms with E-state index in [9.17, 15) is 0 Å². The van der Waals surface area contributed by atoms with Crippen molar-refractivity contribution in [3.8, 4) is 23.3 Å². The van der Waals surface area contributed by atoms with Crippen LogP contribution in [0.2, 0.25) is 0 Å². The van der Waals surface area contributed by atoms with Gasteiger partial charge in [-0.1, -0.05) is 0 Å². The van der Waals surface area contributed by atoms with E-state index >= 15 is 0 Å². The number of hydrogen-bond acceptors (Lipinski definition) is 5. The molecule has 0 fully saturated rings. The van der Waals surface area contributed by atoms with E-state index < -0.39 is 0 Å². The number of benzene rings is 1. The zero-order chi connectivity index (χ0) is 10.7. The maximum absolute atomic E-state index is 8.42. The van der Waals surface area contributed by atoms with Gasteiger partial charge < -0.3 is 19.9 Å². The van der Waals surface area contributed by atoms with Crippen molar-refractivity contribution in [2.75, 3.05) is 13.4 Å². The normalized spacial score (nSPS) is 12.3. The van der Waals surface area contributed by atoms with Gasteiger partial charge in [0.05, 0.1) is 0 Å². The number of nitrogens with zero attached hydrogens (tertiary/aromatic N) is 1. The topological polar surface area (TPSA) is 77.5 Å². The molecule has 1 aromatic carbocycles. The summed E-state index contributed by atoms with van der Waals surface area (Å²) in [4.78, 5) is 0. The number of ether oxygens (including phenoxy) is 3. The lowest BCUT2D eigenvalue weighted by atomic mass is 10.2. The molecule has 0 amide bonds. The summed E-state index contributed by atoms with van der Waals surface area (Å²) in [6.45, 7) is 0.533. The van der Waals surface area contributed by atoms with Crippen LogP contribution in [-0.4, -0.2) is 13.4 Å². The van der Waals surface area contributed by atoms with E-state index in [4.69, 9.17) is 25.2 Å². The lowest BCUT2D eigenvalue weighted by molar-refractivity contribution is 0.174. The largest absolute Gasteiger partial charge is 0.478 e. The molecule has 5 nitrogen and oxygen atoms in total. The Morgan fingerprint density at radius 1 is 1.40 bits per heavy atom. The van der Waals surface area contributed by atoms with Gasteiger partial charge in [0.15, 0.2) is 18.1 Å². The predicted molar refractivity (Wildman–Crippen MR) is 51.6 cm³/mol. The van der Waals surface area contributed by atoms with Gasteiger partial charge in [0, 0.05) is 18.2 Å². The fraction of sp³-hybridized carbons (Fsp3) is 0.300. The molecule has 0 spiro atoms. The van der Waals surface area contributed by atoms with Gasteiger partial charge in [-0.25, -0.2) is 0 Å². The molecule has 0 aliphatic carbocycles. The first kappa shape index (κ1) is 9.62. The molecular formula is C10H10N2O3. The van der Waals surface area contributed by atoms with Crippen LogP contribution >= 0.6 is 0 Å². The summed E-state index contributed by atoms with van der Waals surface area (Å²) in [5.41, 5.74) is 6.36. The van der Waals surface area contributed by atoms with Crippen molar-refractivity contribution in [3.05, 3.63) is 17.7 Å².